The van der Waals surface area contributed by atoms with Gasteiger partial charge in [-0.1, -0.05) is 36.4 Å². The maximum Gasteiger partial charge on any atom is 0.272 e. The number of carbonyl (C=O) groups is 1. The third-order valence-corrected chi connectivity index (χ3v) is 5.80. The maximum absolute atomic E-state index is 12.8. The molecular formula is C25H24N6O3. The molecule has 0 spiro atoms. The van der Waals surface area contributed by atoms with Crippen molar-refractivity contribution in [3.05, 3.63) is 71.5 Å². The number of rotatable bonds is 6. The maximum atomic E-state index is 12.8. The van der Waals surface area contributed by atoms with Gasteiger partial charge < -0.3 is 14.8 Å². The second-order valence-electron chi connectivity index (χ2n) is 7.92. The number of carbonyl (C=O) groups excluding carboxylic acids is 1. The van der Waals surface area contributed by atoms with Crippen molar-refractivity contribution in [2.24, 2.45) is 0 Å². The molecule has 1 aliphatic heterocycles. The van der Waals surface area contributed by atoms with Gasteiger partial charge in [0.25, 0.3) is 5.95 Å². The molecule has 2 aromatic heterocycles. The molecule has 1 aliphatic rings. The summed E-state index contributed by atoms with van der Waals surface area (Å²) in [5.74, 6) is 1.82. The molecular weight excluding hydrogens is 432 g/mol. The van der Waals surface area contributed by atoms with Crippen molar-refractivity contribution in [2.75, 3.05) is 19.0 Å². The smallest absolute Gasteiger partial charge is 0.272 e. The molecule has 9 nitrogen and oxygen atoms in total. The van der Waals surface area contributed by atoms with E-state index in [1.54, 1.807) is 18.0 Å². The zero-order chi connectivity index (χ0) is 23.7. The van der Waals surface area contributed by atoms with E-state index in [9.17, 15) is 4.79 Å². The molecule has 0 unspecified atom stereocenters. The standard InChI is InChI=1S/C25H24N6O3/c1-4-34-21-12-17(10-11-20(21)33-3)18-13-22(32)28-24-23(18)15(2)30-31(24)25-27-19(14-26-29-25)16-8-6-5-7-9-16/h5-12,14,18H,4,13H2,1-3H3,(H,28,32)/t18-/m1/s1. The van der Waals surface area contributed by atoms with Crippen LogP contribution in [0.2, 0.25) is 0 Å². The average Bonchev–Trinajstić information content (AvgIpc) is 3.20. The number of nitrogens with one attached hydrogen (secondary N) is 1. The van der Waals surface area contributed by atoms with Crippen molar-refractivity contribution < 1.29 is 14.3 Å². The Hall–Kier alpha value is -4.27. The first-order chi connectivity index (χ1) is 16.6. The molecule has 5 rings (SSSR count). The van der Waals surface area contributed by atoms with Crippen LogP contribution in [0.5, 0.6) is 11.5 Å². The molecule has 0 radical (unpaired) electrons. The van der Waals surface area contributed by atoms with Crippen LogP contribution in [-0.2, 0) is 4.79 Å². The summed E-state index contributed by atoms with van der Waals surface area (Å²) in [5, 5.41) is 16.0. The van der Waals surface area contributed by atoms with Crippen LogP contribution in [0.3, 0.4) is 0 Å². The highest BCUT2D eigenvalue weighted by Gasteiger charge is 2.33. The summed E-state index contributed by atoms with van der Waals surface area (Å²) in [6.45, 7) is 4.35. The number of amides is 1. The van der Waals surface area contributed by atoms with Crippen molar-refractivity contribution in [3.8, 4) is 28.7 Å². The highest BCUT2D eigenvalue weighted by molar-refractivity contribution is 5.95. The van der Waals surface area contributed by atoms with Gasteiger partial charge in [-0.25, -0.2) is 4.98 Å². The van der Waals surface area contributed by atoms with Crippen molar-refractivity contribution >= 4 is 11.7 Å². The summed E-state index contributed by atoms with van der Waals surface area (Å²) in [5.41, 5.74) is 4.23. The number of aryl methyl sites for hydroxylation is 1. The molecule has 2 aromatic carbocycles. The fraction of sp³-hybridized carbons (Fsp3) is 0.240. The van der Waals surface area contributed by atoms with E-state index >= 15 is 0 Å². The third kappa shape index (κ3) is 3.85. The average molecular weight is 457 g/mol. The predicted molar refractivity (Wildman–Crippen MR) is 126 cm³/mol. The molecule has 0 aliphatic carbocycles. The molecule has 3 heterocycles. The number of methoxy groups -OCH3 is 1. The number of benzene rings is 2. The van der Waals surface area contributed by atoms with Gasteiger partial charge in [-0.3, -0.25) is 4.79 Å². The van der Waals surface area contributed by atoms with Gasteiger partial charge in [-0.15, -0.1) is 5.10 Å². The lowest BCUT2D eigenvalue weighted by Crippen LogP contribution is -2.25. The first-order valence-electron chi connectivity index (χ1n) is 11.0. The van der Waals surface area contributed by atoms with E-state index < -0.39 is 0 Å². The highest BCUT2D eigenvalue weighted by atomic mass is 16.5. The van der Waals surface area contributed by atoms with Crippen molar-refractivity contribution in [1.82, 2.24) is 25.0 Å². The van der Waals surface area contributed by atoms with Gasteiger partial charge in [0.2, 0.25) is 5.91 Å². The lowest BCUT2D eigenvalue weighted by molar-refractivity contribution is -0.116. The van der Waals surface area contributed by atoms with Crippen LogP contribution >= 0.6 is 0 Å². The van der Waals surface area contributed by atoms with Crippen LogP contribution in [-0.4, -0.2) is 44.6 Å². The fourth-order valence-corrected chi connectivity index (χ4v) is 4.29. The largest absolute Gasteiger partial charge is 0.493 e. The van der Waals surface area contributed by atoms with Crippen molar-refractivity contribution in [1.29, 1.82) is 0 Å². The van der Waals surface area contributed by atoms with Crippen LogP contribution in [0.4, 0.5) is 5.82 Å². The topological polar surface area (TPSA) is 104 Å². The van der Waals surface area contributed by atoms with Crippen molar-refractivity contribution in [3.63, 3.8) is 0 Å². The van der Waals surface area contributed by atoms with Crippen LogP contribution in [0.1, 0.15) is 36.1 Å². The minimum atomic E-state index is -0.201. The van der Waals surface area contributed by atoms with E-state index in [0.29, 0.717) is 36.0 Å². The number of ether oxygens (including phenoxy) is 2. The van der Waals surface area contributed by atoms with Gasteiger partial charge in [0.1, 0.15) is 5.82 Å². The molecule has 1 atom stereocenters. The summed E-state index contributed by atoms with van der Waals surface area (Å²) < 4.78 is 12.7. The summed E-state index contributed by atoms with van der Waals surface area (Å²) in [4.78, 5) is 17.4. The minimum absolute atomic E-state index is 0.111. The van der Waals surface area contributed by atoms with Crippen LogP contribution in [0.15, 0.2) is 54.7 Å². The number of anilines is 1. The normalized spacial score (nSPS) is 14.9. The van der Waals surface area contributed by atoms with E-state index in [1.165, 1.54) is 0 Å². The Balaban J connectivity index is 1.60. The van der Waals surface area contributed by atoms with E-state index in [2.05, 4.69) is 25.6 Å². The van der Waals surface area contributed by atoms with E-state index in [0.717, 1.165) is 22.4 Å². The number of fused-ring (bicyclic) bond motifs is 1. The molecule has 172 valence electrons. The van der Waals surface area contributed by atoms with E-state index in [-0.39, 0.29) is 17.8 Å². The Morgan fingerprint density at radius 3 is 2.74 bits per heavy atom. The van der Waals surface area contributed by atoms with Crippen LogP contribution in [0, 0.1) is 6.92 Å². The molecule has 1 amide bonds. The summed E-state index contributed by atoms with van der Waals surface area (Å²) in [6.07, 6.45) is 1.90. The summed E-state index contributed by atoms with van der Waals surface area (Å²) in [7, 11) is 1.61. The second kappa shape index (κ2) is 8.93. The Kier molecular flexibility index (Phi) is 5.67. The molecule has 4 aromatic rings. The molecule has 0 saturated heterocycles. The molecule has 0 fully saturated rings. The van der Waals surface area contributed by atoms with Gasteiger partial charge >= 0.3 is 0 Å². The van der Waals surface area contributed by atoms with Crippen LogP contribution < -0.4 is 14.8 Å². The number of nitrogens with zero attached hydrogens (tertiary/aromatic N) is 5. The monoisotopic (exact) mass is 456 g/mol. The minimum Gasteiger partial charge on any atom is -0.493 e. The van der Waals surface area contributed by atoms with E-state index in [1.807, 2.05) is 62.4 Å². The number of aromatic nitrogens is 5. The summed E-state index contributed by atoms with van der Waals surface area (Å²) in [6, 6.07) is 15.5. The molecule has 1 N–H and O–H groups in total. The first-order valence-corrected chi connectivity index (χ1v) is 11.0. The van der Waals surface area contributed by atoms with Crippen molar-refractivity contribution in [2.45, 2.75) is 26.2 Å². The SMILES string of the molecule is CCOc1cc([C@H]2CC(=O)Nc3c2c(C)nn3-c2nncc(-c3ccccc3)n2)ccc1OC. The number of hydrogen-bond acceptors (Lipinski definition) is 7. The van der Waals surface area contributed by atoms with Gasteiger partial charge in [0.05, 0.1) is 31.3 Å². The van der Waals surface area contributed by atoms with Gasteiger partial charge in [-0.2, -0.15) is 14.9 Å². The third-order valence-electron chi connectivity index (χ3n) is 5.80. The molecule has 0 bridgehead atoms. The zero-order valence-electron chi connectivity index (χ0n) is 19.1. The Morgan fingerprint density at radius 2 is 1.97 bits per heavy atom. The van der Waals surface area contributed by atoms with Gasteiger partial charge in [-0.05, 0) is 31.5 Å². The summed E-state index contributed by atoms with van der Waals surface area (Å²) >= 11 is 0. The fourth-order valence-electron chi connectivity index (χ4n) is 4.29. The number of hydrogen-bond donors (Lipinski definition) is 1. The Bertz CT molecular complexity index is 1350. The molecule has 9 heteroatoms. The molecule has 34 heavy (non-hydrogen) atoms. The molecule has 0 saturated carbocycles. The first kappa shape index (κ1) is 21.6. The highest BCUT2D eigenvalue weighted by Crippen LogP contribution is 2.42. The predicted octanol–water partition coefficient (Wildman–Crippen LogP) is 3.91. The van der Waals surface area contributed by atoms with Crippen LogP contribution in [0.25, 0.3) is 17.2 Å². The van der Waals surface area contributed by atoms with Gasteiger partial charge in [0, 0.05) is 23.5 Å². The van der Waals surface area contributed by atoms with Gasteiger partial charge in [0.15, 0.2) is 11.5 Å². The lowest BCUT2D eigenvalue weighted by atomic mass is 9.85. The zero-order valence-corrected chi connectivity index (χ0v) is 19.1. The Labute approximate surface area is 196 Å². The quantitative estimate of drug-likeness (QED) is 0.469. The lowest BCUT2D eigenvalue weighted by Gasteiger charge is -2.25. The Morgan fingerprint density at radius 1 is 1.15 bits per heavy atom. The second-order valence-corrected chi connectivity index (χ2v) is 7.92. The van der Waals surface area contributed by atoms with E-state index in [4.69, 9.17) is 9.47 Å².